The molecule has 0 spiro atoms. The van der Waals surface area contributed by atoms with Gasteiger partial charge in [0.2, 0.25) is 5.91 Å². The van der Waals surface area contributed by atoms with Gasteiger partial charge in [0, 0.05) is 36.5 Å². The SMILES string of the molecule is CCNC(=NCCNC(=O)C1CCCCC1)N1CC(C)(C)C1(C)C.I. The van der Waals surface area contributed by atoms with E-state index in [1.807, 2.05) is 0 Å². The Morgan fingerprint density at radius 1 is 1.12 bits per heavy atom. The van der Waals surface area contributed by atoms with Gasteiger partial charge >= 0.3 is 0 Å². The molecular formula is C19H37IN4O. The minimum absolute atomic E-state index is 0. The van der Waals surface area contributed by atoms with Crippen molar-refractivity contribution in [3.63, 3.8) is 0 Å². The molecule has 0 aromatic carbocycles. The van der Waals surface area contributed by atoms with E-state index in [-0.39, 0.29) is 41.3 Å². The summed E-state index contributed by atoms with van der Waals surface area (Å²) < 4.78 is 0. The van der Waals surface area contributed by atoms with Gasteiger partial charge in [0.15, 0.2) is 5.96 Å². The van der Waals surface area contributed by atoms with Gasteiger partial charge in [-0.1, -0.05) is 33.1 Å². The molecule has 1 aliphatic carbocycles. The van der Waals surface area contributed by atoms with Gasteiger partial charge in [-0.3, -0.25) is 9.79 Å². The molecule has 0 bridgehead atoms. The highest BCUT2D eigenvalue weighted by Gasteiger charge is 2.53. The number of likely N-dealkylation sites (tertiary alicyclic amines) is 1. The lowest BCUT2D eigenvalue weighted by atomic mass is 9.65. The van der Waals surface area contributed by atoms with Gasteiger partial charge in [0.25, 0.3) is 0 Å². The van der Waals surface area contributed by atoms with E-state index in [4.69, 9.17) is 4.99 Å². The average Bonchev–Trinajstić information content (AvgIpc) is 2.56. The second-order valence-electron chi connectivity index (χ2n) is 8.39. The Hall–Kier alpha value is -0.530. The molecule has 1 aliphatic heterocycles. The zero-order valence-electron chi connectivity index (χ0n) is 16.7. The maximum Gasteiger partial charge on any atom is 0.223 e. The molecule has 25 heavy (non-hydrogen) atoms. The predicted molar refractivity (Wildman–Crippen MR) is 116 cm³/mol. The van der Waals surface area contributed by atoms with Gasteiger partial charge in [0.1, 0.15) is 0 Å². The number of rotatable bonds is 5. The van der Waals surface area contributed by atoms with Crippen LogP contribution in [0.2, 0.25) is 0 Å². The van der Waals surface area contributed by atoms with Crippen LogP contribution < -0.4 is 10.6 Å². The van der Waals surface area contributed by atoms with Gasteiger partial charge in [-0.2, -0.15) is 0 Å². The molecule has 6 heteroatoms. The second kappa shape index (κ2) is 9.42. The third-order valence-corrected chi connectivity index (χ3v) is 6.12. The molecule has 0 aromatic heterocycles. The van der Waals surface area contributed by atoms with Crippen LogP contribution in [0.15, 0.2) is 4.99 Å². The average molecular weight is 464 g/mol. The fraction of sp³-hybridized carbons (Fsp3) is 0.895. The summed E-state index contributed by atoms with van der Waals surface area (Å²) in [5, 5.41) is 6.46. The number of nitrogens with zero attached hydrogens (tertiary/aromatic N) is 2. The van der Waals surface area contributed by atoms with E-state index in [1.165, 1.54) is 19.3 Å². The van der Waals surface area contributed by atoms with Crippen LogP contribution in [-0.2, 0) is 4.79 Å². The molecule has 2 fully saturated rings. The first-order chi connectivity index (χ1) is 11.3. The van der Waals surface area contributed by atoms with Crippen LogP contribution in [0.25, 0.3) is 0 Å². The highest BCUT2D eigenvalue weighted by atomic mass is 127. The number of guanidine groups is 1. The molecule has 1 saturated heterocycles. The smallest absolute Gasteiger partial charge is 0.223 e. The Kier molecular flexibility index (Phi) is 8.48. The number of nitrogens with one attached hydrogen (secondary N) is 2. The van der Waals surface area contributed by atoms with Gasteiger partial charge in [0.05, 0.1) is 6.54 Å². The Labute approximate surface area is 170 Å². The van der Waals surface area contributed by atoms with E-state index in [0.29, 0.717) is 18.5 Å². The molecule has 1 saturated carbocycles. The molecule has 2 N–H and O–H groups in total. The van der Waals surface area contributed by atoms with E-state index in [9.17, 15) is 4.79 Å². The topological polar surface area (TPSA) is 56.7 Å². The van der Waals surface area contributed by atoms with Crippen molar-refractivity contribution in [2.75, 3.05) is 26.2 Å². The van der Waals surface area contributed by atoms with Gasteiger partial charge in [-0.05, 0) is 33.6 Å². The summed E-state index contributed by atoms with van der Waals surface area (Å²) >= 11 is 0. The third-order valence-electron chi connectivity index (χ3n) is 6.12. The van der Waals surface area contributed by atoms with Crippen molar-refractivity contribution in [3.8, 4) is 0 Å². The van der Waals surface area contributed by atoms with Crippen LogP contribution in [0.3, 0.4) is 0 Å². The Balaban J connectivity index is 0.00000312. The van der Waals surface area contributed by atoms with Gasteiger partial charge in [-0.25, -0.2) is 0 Å². The summed E-state index contributed by atoms with van der Waals surface area (Å²) in [7, 11) is 0. The first-order valence-corrected chi connectivity index (χ1v) is 9.63. The van der Waals surface area contributed by atoms with Gasteiger partial charge in [-0.15, -0.1) is 24.0 Å². The molecule has 2 aliphatic rings. The maximum atomic E-state index is 12.2. The fourth-order valence-corrected chi connectivity index (χ4v) is 3.64. The molecule has 2 rings (SSSR count). The summed E-state index contributed by atoms with van der Waals surface area (Å²) in [4.78, 5) is 19.2. The monoisotopic (exact) mass is 464 g/mol. The maximum absolute atomic E-state index is 12.2. The van der Waals surface area contributed by atoms with Crippen LogP contribution in [0.5, 0.6) is 0 Å². The van der Waals surface area contributed by atoms with Crippen molar-refractivity contribution in [1.82, 2.24) is 15.5 Å². The normalized spacial score (nSPS) is 22.6. The zero-order valence-corrected chi connectivity index (χ0v) is 19.0. The van der Waals surface area contributed by atoms with Crippen molar-refractivity contribution >= 4 is 35.8 Å². The summed E-state index contributed by atoms with van der Waals surface area (Å²) in [6.45, 7) is 14.4. The second-order valence-corrected chi connectivity index (χ2v) is 8.39. The van der Waals surface area contributed by atoms with Crippen molar-refractivity contribution < 1.29 is 4.79 Å². The predicted octanol–water partition coefficient (Wildman–Crippen LogP) is 3.39. The first-order valence-electron chi connectivity index (χ1n) is 9.63. The number of aliphatic imine (C=N–C) groups is 1. The quantitative estimate of drug-likeness (QED) is 0.284. The van der Waals surface area contributed by atoms with Crippen molar-refractivity contribution in [2.24, 2.45) is 16.3 Å². The molecule has 0 unspecified atom stereocenters. The lowest BCUT2D eigenvalue weighted by Gasteiger charge is -2.62. The lowest BCUT2D eigenvalue weighted by molar-refractivity contribution is -0.125. The van der Waals surface area contributed by atoms with E-state index in [1.54, 1.807) is 0 Å². The standard InChI is InChI=1S/C19H36N4O.HI/c1-6-20-17(23-14-18(2,3)19(23,4)5)22-13-12-21-16(24)15-10-8-7-9-11-15;/h15H,6-14H2,1-5H3,(H,20,22)(H,21,24);1H. The van der Waals surface area contributed by atoms with E-state index < -0.39 is 0 Å². The minimum Gasteiger partial charge on any atom is -0.356 e. The van der Waals surface area contributed by atoms with Crippen molar-refractivity contribution in [2.45, 2.75) is 72.3 Å². The largest absolute Gasteiger partial charge is 0.356 e. The molecule has 146 valence electrons. The van der Waals surface area contributed by atoms with Crippen LogP contribution >= 0.6 is 24.0 Å². The number of hydrogen-bond acceptors (Lipinski definition) is 2. The minimum atomic E-state index is 0. The summed E-state index contributed by atoms with van der Waals surface area (Å²) in [6.07, 6.45) is 5.77. The number of carbonyl (C=O) groups excluding carboxylic acids is 1. The van der Waals surface area contributed by atoms with E-state index in [2.05, 4.69) is 50.2 Å². The number of carbonyl (C=O) groups is 1. The first kappa shape index (κ1) is 22.5. The highest BCUT2D eigenvalue weighted by Crippen LogP contribution is 2.46. The number of halogens is 1. The zero-order chi connectivity index (χ0) is 17.8. The third kappa shape index (κ3) is 5.23. The number of amides is 1. The highest BCUT2D eigenvalue weighted by molar-refractivity contribution is 14.0. The Morgan fingerprint density at radius 2 is 1.76 bits per heavy atom. The van der Waals surface area contributed by atoms with Crippen LogP contribution in [0.1, 0.15) is 66.7 Å². The van der Waals surface area contributed by atoms with E-state index in [0.717, 1.165) is 31.9 Å². The van der Waals surface area contributed by atoms with Crippen LogP contribution in [0.4, 0.5) is 0 Å². The molecular weight excluding hydrogens is 427 g/mol. The van der Waals surface area contributed by atoms with Crippen LogP contribution in [0, 0.1) is 11.3 Å². The Morgan fingerprint density at radius 3 is 2.28 bits per heavy atom. The molecule has 0 radical (unpaired) electrons. The molecule has 5 nitrogen and oxygen atoms in total. The molecule has 1 amide bonds. The lowest BCUT2D eigenvalue weighted by Crippen LogP contribution is -2.72. The summed E-state index contributed by atoms with van der Waals surface area (Å²) in [6, 6.07) is 0. The van der Waals surface area contributed by atoms with Crippen molar-refractivity contribution in [3.05, 3.63) is 0 Å². The van der Waals surface area contributed by atoms with Crippen molar-refractivity contribution in [1.29, 1.82) is 0 Å². The molecule has 1 heterocycles. The number of hydrogen-bond donors (Lipinski definition) is 2. The fourth-order valence-electron chi connectivity index (χ4n) is 3.64. The van der Waals surface area contributed by atoms with Gasteiger partial charge < -0.3 is 15.5 Å². The molecule has 0 aromatic rings. The summed E-state index contributed by atoms with van der Waals surface area (Å²) in [5.74, 6) is 1.42. The van der Waals surface area contributed by atoms with E-state index >= 15 is 0 Å². The summed E-state index contributed by atoms with van der Waals surface area (Å²) in [5.41, 5.74) is 0.387. The molecule has 0 atom stereocenters. The Bertz CT molecular complexity index is 470. The van der Waals surface area contributed by atoms with Crippen LogP contribution in [-0.4, -0.2) is 48.5 Å².